The molecule has 1 rings (SSSR count). The summed E-state index contributed by atoms with van der Waals surface area (Å²) in [5.74, 6) is 0.666. The van der Waals surface area contributed by atoms with Crippen LogP contribution in [0.4, 0.5) is 0 Å². The van der Waals surface area contributed by atoms with Crippen molar-refractivity contribution in [2.45, 2.75) is 32.5 Å². The third-order valence-electron chi connectivity index (χ3n) is 2.37. The van der Waals surface area contributed by atoms with Crippen LogP contribution < -0.4 is 10.1 Å². The van der Waals surface area contributed by atoms with E-state index in [1.165, 1.54) is 0 Å². The van der Waals surface area contributed by atoms with Gasteiger partial charge in [-0.2, -0.15) is 0 Å². The number of benzene rings is 1. The third kappa shape index (κ3) is 4.73. The molecule has 1 unspecified atom stereocenters. The zero-order chi connectivity index (χ0) is 12.7. The largest absolute Gasteiger partial charge is 0.491 e. The number of ether oxygens (including phenoxy) is 1. The highest BCUT2D eigenvalue weighted by Gasteiger charge is 2.10. The van der Waals surface area contributed by atoms with Crippen molar-refractivity contribution in [1.29, 1.82) is 0 Å². The molecule has 1 atom stereocenters. The number of aliphatic hydroxyl groups is 2. The molecule has 0 heterocycles. The summed E-state index contributed by atoms with van der Waals surface area (Å²) in [4.78, 5) is 0. The van der Waals surface area contributed by atoms with Crippen LogP contribution in [0, 0.1) is 0 Å². The standard InChI is InChI=1S/C13H21NO3/c1-10(2)14-12(8-16)9-17-13-6-4-3-5-11(13)7-15/h3-6,10,12,14-16H,7-9H2,1-2H3. The molecule has 1 aromatic carbocycles. The molecule has 0 spiro atoms. The van der Waals surface area contributed by atoms with E-state index in [1.54, 1.807) is 0 Å². The van der Waals surface area contributed by atoms with Gasteiger partial charge in [0.25, 0.3) is 0 Å². The summed E-state index contributed by atoms with van der Waals surface area (Å²) in [6.07, 6.45) is 0. The quantitative estimate of drug-likeness (QED) is 0.662. The maximum Gasteiger partial charge on any atom is 0.124 e. The summed E-state index contributed by atoms with van der Waals surface area (Å²) >= 11 is 0. The predicted molar refractivity (Wildman–Crippen MR) is 67.0 cm³/mol. The lowest BCUT2D eigenvalue weighted by atomic mass is 10.2. The topological polar surface area (TPSA) is 61.7 Å². The number of hydrogen-bond acceptors (Lipinski definition) is 4. The van der Waals surface area contributed by atoms with Crippen molar-refractivity contribution in [2.75, 3.05) is 13.2 Å². The molecule has 0 radical (unpaired) electrons. The van der Waals surface area contributed by atoms with Gasteiger partial charge in [-0.25, -0.2) is 0 Å². The lowest BCUT2D eigenvalue weighted by Crippen LogP contribution is -2.41. The van der Waals surface area contributed by atoms with Crippen molar-refractivity contribution >= 4 is 0 Å². The summed E-state index contributed by atoms with van der Waals surface area (Å²) in [5.41, 5.74) is 0.758. The van der Waals surface area contributed by atoms with Crippen molar-refractivity contribution < 1.29 is 14.9 Å². The Balaban J connectivity index is 2.53. The van der Waals surface area contributed by atoms with Crippen LogP contribution in [0.25, 0.3) is 0 Å². The highest BCUT2D eigenvalue weighted by molar-refractivity contribution is 5.32. The molecule has 0 aromatic heterocycles. The summed E-state index contributed by atoms with van der Waals surface area (Å²) in [5, 5.41) is 21.5. The molecule has 0 fully saturated rings. The first kappa shape index (κ1) is 14.0. The lowest BCUT2D eigenvalue weighted by molar-refractivity contribution is 0.174. The molecule has 0 bridgehead atoms. The summed E-state index contributed by atoms with van der Waals surface area (Å²) in [6, 6.07) is 7.55. The molecule has 17 heavy (non-hydrogen) atoms. The molecule has 0 aliphatic carbocycles. The zero-order valence-corrected chi connectivity index (χ0v) is 10.4. The van der Waals surface area contributed by atoms with E-state index in [9.17, 15) is 5.11 Å². The molecular formula is C13H21NO3. The fourth-order valence-electron chi connectivity index (χ4n) is 1.59. The van der Waals surface area contributed by atoms with E-state index >= 15 is 0 Å². The van der Waals surface area contributed by atoms with Gasteiger partial charge in [0.1, 0.15) is 12.4 Å². The molecule has 0 saturated heterocycles. The van der Waals surface area contributed by atoms with Gasteiger partial charge in [0.05, 0.1) is 19.3 Å². The summed E-state index contributed by atoms with van der Waals surface area (Å²) < 4.78 is 5.60. The summed E-state index contributed by atoms with van der Waals surface area (Å²) in [6.45, 7) is 4.40. The molecule has 3 N–H and O–H groups in total. The van der Waals surface area contributed by atoms with Crippen LogP contribution in [0.2, 0.25) is 0 Å². The monoisotopic (exact) mass is 239 g/mol. The molecule has 1 aromatic rings. The Kier molecular flexibility index (Phi) is 5.97. The number of nitrogens with one attached hydrogen (secondary N) is 1. The van der Waals surface area contributed by atoms with Crippen LogP contribution in [0.5, 0.6) is 5.75 Å². The SMILES string of the molecule is CC(C)NC(CO)COc1ccccc1CO. The van der Waals surface area contributed by atoms with E-state index in [1.807, 2.05) is 38.1 Å². The van der Waals surface area contributed by atoms with E-state index in [0.29, 0.717) is 18.4 Å². The average molecular weight is 239 g/mol. The highest BCUT2D eigenvalue weighted by atomic mass is 16.5. The van der Waals surface area contributed by atoms with Crippen LogP contribution in [0.1, 0.15) is 19.4 Å². The number of hydrogen-bond donors (Lipinski definition) is 3. The second kappa shape index (κ2) is 7.27. The van der Waals surface area contributed by atoms with Gasteiger partial charge in [0.15, 0.2) is 0 Å². The van der Waals surface area contributed by atoms with Gasteiger partial charge in [0, 0.05) is 11.6 Å². The number of para-hydroxylation sites is 1. The predicted octanol–water partition coefficient (Wildman–Crippen LogP) is 0.917. The molecule has 0 amide bonds. The van der Waals surface area contributed by atoms with Crippen molar-refractivity contribution in [3.8, 4) is 5.75 Å². The highest BCUT2D eigenvalue weighted by Crippen LogP contribution is 2.17. The van der Waals surface area contributed by atoms with E-state index in [2.05, 4.69) is 5.32 Å². The van der Waals surface area contributed by atoms with Crippen molar-refractivity contribution in [3.05, 3.63) is 29.8 Å². The van der Waals surface area contributed by atoms with E-state index in [-0.39, 0.29) is 19.3 Å². The van der Waals surface area contributed by atoms with Gasteiger partial charge >= 0.3 is 0 Å². The van der Waals surface area contributed by atoms with Gasteiger partial charge in [-0.3, -0.25) is 0 Å². The normalized spacial score (nSPS) is 12.8. The Morgan fingerprint density at radius 3 is 2.53 bits per heavy atom. The average Bonchev–Trinajstić information content (AvgIpc) is 2.34. The Bertz CT molecular complexity index is 328. The number of aliphatic hydroxyl groups excluding tert-OH is 2. The first-order chi connectivity index (χ1) is 8.17. The molecule has 4 heteroatoms. The second-order valence-corrected chi connectivity index (χ2v) is 4.28. The molecule has 4 nitrogen and oxygen atoms in total. The maximum absolute atomic E-state index is 9.19. The minimum Gasteiger partial charge on any atom is -0.491 e. The zero-order valence-electron chi connectivity index (χ0n) is 10.4. The molecule has 96 valence electrons. The maximum atomic E-state index is 9.19. The molecule has 0 aliphatic rings. The van der Waals surface area contributed by atoms with E-state index < -0.39 is 0 Å². The first-order valence-electron chi connectivity index (χ1n) is 5.85. The minimum atomic E-state index is -0.0956. The summed E-state index contributed by atoms with van der Waals surface area (Å²) in [7, 11) is 0. The van der Waals surface area contributed by atoms with Gasteiger partial charge in [-0.1, -0.05) is 32.0 Å². The fourth-order valence-corrected chi connectivity index (χ4v) is 1.59. The van der Waals surface area contributed by atoms with Gasteiger partial charge in [-0.05, 0) is 6.07 Å². The van der Waals surface area contributed by atoms with Crippen LogP contribution in [-0.2, 0) is 6.61 Å². The van der Waals surface area contributed by atoms with Gasteiger partial charge < -0.3 is 20.3 Å². The second-order valence-electron chi connectivity index (χ2n) is 4.28. The molecule has 0 saturated carbocycles. The Hall–Kier alpha value is -1.10. The first-order valence-corrected chi connectivity index (χ1v) is 5.85. The Morgan fingerprint density at radius 1 is 1.24 bits per heavy atom. The van der Waals surface area contributed by atoms with E-state index in [4.69, 9.17) is 9.84 Å². The smallest absolute Gasteiger partial charge is 0.124 e. The van der Waals surface area contributed by atoms with Crippen LogP contribution >= 0.6 is 0 Å². The van der Waals surface area contributed by atoms with Crippen molar-refractivity contribution in [3.63, 3.8) is 0 Å². The Labute approximate surface area is 102 Å². The number of rotatable bonds is 7. The van der Waals surface area contributed by atoms with Crippen molar-refractivity contribution in [1.82, 2.24) is 5.32 Å². The van der Waals surface area contributed by atoms with Crippen molar-refractivity contribution in [2.24, 2.45) is 0 Å². The van der Waals surface area contributed by atoms with Gasteiger partial charge in [0.2, 0.25) is 0 Å². The van der Waals surface area contributed by atoms with Crippen LogP contribution in [-0.4, -0.2) is 35.5 Å². The van der Waals surface area contributed by atoms with E-state index in [0.717, 1.165) is 5.56 Å². The minimum absolute atomic E-state index is 0.0273. The lowest BCUT2D eigenvalue weighted by Gasteiger charge is -2.20. The molecule has 0 aliphatic heterocycles. The fraction of sp³-hybridized carbons (Fsp3) is 0.538. The van der Waals surface area contributed by atoms with Gasteiger partial charge in [-0.15, -0.1) is 0 Å². The van der Waals surface area contributed by atoms with Crippen LogP contribution in [0.3, 0.4) is 0 Å². The van der Waals surface area contributed by atoms with Crippen LogP contribution in [0.15, 0.2) is 24.3 Å². The third-order valence-corrected chi connectivity index (χ3v) is 2.37. The molecular weight excluding hydrogens is 218 g/mol. The Morgan fingerprint density at radius 2 is 1.94 bits per heavy atom.